The van der Waals surface area contributed by atoms with Crippen LogP contribution in [0, 0.1) is 0 Å². The van der Waals surface area contributed by atoms with Gasteiger partial charge < -0.3 is 15.4 Å². The highest BCUT2D eigenvalue weighted by Crippen LogP contribution is 2.06. The number of carbonyl (C=O) groups excluding carboxylic acids is 2. The van der Waals surface area contributed by atoms with Crippen molar-refractivity contribution in [3.63, 3.8) is 0 Å². The normalized spacial score (nSPS) is 11.0. The van der Waals surface area contributed by atoms with Crippen LogP contribution in [-0.4, -0.2) is 31.1 Å². The first-order valence-electron chi connectivity index (χ1n) is 6.53. The molecule has 2 N–H and O–H groups in total. The van der Waals surface area contributed by atoms with E-state index in [-0.39, 0.29) is 24.0 Å². The maximum Gasteiger partial charge on any atom is 0.251 e. The van der Waals surface area contributed by atoms with Crippen LogP contribution in [0.1, 0.15) is 36.7 Å². The third-order valence-corrected chi connectivity index (χ3v) is 2.57. The lowest BCUT2D eigenvalue weighted by Gasteiger charge is -2.19. The van der Waals surface area contributed by atoms with Crippen LogP contribution >= 0.6 is 0 Å². The quantitative estimate of drug-likeness (QED) is 0.857. The lowest BCUT2D eigenvalue weighted by molar-refractivity contribution is -0.130. The Hall–Kier alpha value is -1.88. The van der Waals surface area contributed by atoms with Crippen molar-refractivity contribution < 1.29 is 14.3 Å². The van der Waals surface area contributed by atoms with Gasteiger partial charge in [0.05, 0.1) is 5.60 Å². The maximum atomic E-state index is 11.6. The molecule has 5 nitrogen and oxygen atoms in total. The van der Waals surface area contributed by atoms with E-state index in [1.807, 2.05) is 32.9 Å². The van der Waals surface area contributed by atoms with Crippen molar-refractivity contribution in [2.24, 2.45) is 0 Å². The van der Waals surface area contributed by atoms with Gasteiger partial charge >= 0.3 is 0 Å². The smallest absolute Gasteiger partial charge is 0.251 e. The van der Waals surface area contributed by atoms with Gasteiger partial charge in [0.1, 0.15) is 6.61 Å². The molecule has 0 saturated heterocycles. The molecule has 0 heterocycles. The van der Waals surface area contributed by atoms with E-state index >= 15 is 0 Å². The molecule has 0 fully saturated rings. The van der Waals surface area contributed by atoms with Crippen molar-refractivity contribution in [2.45, 2.75) is 32.9 Å². The number of ether oxygens (including phenoxy) is 1. The molecule has 1 rings (SSSR count). The predicted octanol–water partition coefficient (Wildman–Crippen LogP) is 1.48. The van der Waals surface area contributed by atoms with Crippen molar-refractivity contribution in [3.05, 3.63) is 35.4 Å². The van der Waals surface area contributed by atoms with Crippen LogP contribution in [0.3, 0.4) is 0 Å². The number of hydrogen-bond donors (Lipinski definition) is 2. The summed E-state index contributed by atoms with van der Waals surface area (Å²) in [4.78, 5) is 23.0. The third-order valence-electron chi connectivity index (χ3n) is 2.57. The van der Waals surface area contributed by atoms with Gasteiger partial charge in [0.25, 0.3) is 5.91 Å². The van der Waals surface area contributed by atoms with E-state index in [0.717, 1.165) is 5.56 Å². The largest absolute Gasteiger partial charge is 0.366 e. The highest BCUT2D eigenvalue weighted by atomic mass is 16.5. The topological polar surface area (TPSA) is 67.4 Å². The Morgan fingerprint density at radius 3 is 2.25 bits per heavy atom. The van der Waals surface area contributed by atoms with Crippen LogP contribution in [0.4, 0.5) is 0 Å². The number of benzene rings is 1. The summed E-state index contributed by atoms with van der Waals surface area (Å²) in [7, 11) is 1.59. The Balaban J connectivity index is 2.42. The number of hydrogen-bond acceptors (Lipinski definition) is 3. The van der Waals surface area contributed by atoms with Gasteiger partial charge in [-0.3, -0.25) is 9.59 Å². The van der Waals surface area contributed by atoms with Crippen molar-refractivity contribution in [1.29, 1.82) is 0 Å². The van der Waals surface area contributed by atoms with Crippen LogP contribution in [0.5, 0.6) is 0 Å². The number of carbonyl (C=O) groups is 2. The molecule has 0 atom stereocenters. The fourth-order valence-corrected chi connectivity index (χ4v) is 1.45. The summed E-state index contributed by atoms with van der Waals surface area (Å²) in [6, 6.07) is 7.09. The summed E-state index contributed by atoms with van der Waals surface area (Å²) in [6.07, 6.45) is 0. The predicted molar refractivity (Wildman–Crippen MR) is 77.4 cm³/mol. The molecule has 0 aliphatic rings. The lowest BCUT2D eigenvalue weighted by atomic mass is 10.1. The Bertz CT molecular complexity index is 461. The van der Waals surface area contributed by atoms with Crippen LogP contribution in [0.2, 0.25) is 0 Å². The van der Waals surface area contributed by atoms with Crippen molar-refractivity contribution in [2.75, 3.05) is 13.7 Å². The van der Waals surface area contributed by atoms with Gasteiger partial charge in [0.2, 0.25) is 5.91 Å². The Kier molecular flexibility index (Phi) is 5.70. The fourth-order valence-electron chi connectivity index (χ4n) is 1.45. The van der Waals surface area contributed by atoms with E-state index < -0.39 is 0 Å². The zero-order chi connectivity index (χ0) is 15.2. The van der Waals surface area contributed by atoms with Gasteiger partial charge in [0, 0.05) is 19.2 Å². The summed E-state index contributed by atoms with van der Waals surface area (Å²) in [5, 5.41) is 5.33. The van der Waals surface area contributed by atoms with Crippen LogP contribution < -0.4 is 10.6 Å². The van der Waals surface area contributed by atoms with Crippen LogP contribution in [0.25, 0.3) is 0 Å². The monoisotopic (exact) mass is 278 g/mol. The van der Waals surface area contributed by atoms with Crippen LogP contribution in [-0.2, 0) is 16.1 Å². The summed E-state index contributed by atoms with van der Waals surface area (Å²) in [5.74, 6) is -0.283. The minimum absolute atomic E-state index is 0.0415. The molecular formula is C15H22N2O3. The minimum Gasteiger partial charge on any atom is -0.366 e. The molecule has 0 aromatic heterocycles. The first-order chi connectivity index (χ1) is 9.31. The molecule has 0 radical (unpaired) electrons. The Morgan fingerprint density at radius 1 is 1.15 bits per heavy atom. The molecule has 0 bridgehead atoms. The van der Waals surface area contributed by atoms with E-state index in [1.165, 1.54) is 0 Å². The molecule has 0 unspecified atom stereocenters. The van der Waals surface area contributed by atoms with Crippen molar-refractivity contribution >= 4 is 11.8 Å². The van der Waals surface area contributed by atoms with E-state index in [9.17, 15) is 9.59 Å². The zero-order valence-electron chi connectivity index (χ0n) is 12.4. The van der Waals surface area contributed by atoms with E-state index in [1.54, 1.807) is 19.2 Å². The highest BCUT2D eigenvalue weighted by molar-refractivity contribution is 5.93. The minimum atomic E-state index is -0.327. The van der Waals surface area contributed by atoms with E-state index in [2.05, 4.69) is 10.6 Å². The lowest BCUT2D eigenvalue weighted by Crippen LogP contribution is -2.31. The van der Waals surface area contributed by atoms with Crippen molar-refractivity contribution in [1.82, 2.24) is 10.6 Å². The third kappa shape index (κ3) is 5.84. The van der Waals surface area contributed by atoms with Gasteiger partial charge in [-0.1, -0.05) is 12.1 Å². The van der Waals surface area contributed by atoms with Gasteiger partial charge in [-0.25, -0.2) is 0 Å². The van der Waals surface area contributed by atoms with Gasteiger partial charge in [-0.05, 0) is 38.5 Å². The SMILES string of the molecule is CNC(=O)c1ccc(CNC(=O)COC(C)(C)C)cc1. The second-order valence-electron chi connectivity index (χ2n) is 5.45. The van der Waals surface area contributed by atoms with Crippen molar-refractivity contribution in [3.8, 4) is 0 Å². The average Bonchev–Trinajstić information content (AvgIpc) is 2.41. The molecule has 5 heteroatoms. The molecule has 1 aromatic rings. The van der Waals surface area contributed by atoms with Gasteiger partial charge in [0.15, 0.2) is 0 Å². The molecule has 0 aliphatic heterocycles. The molecule has 0 saturated carbocycles. The summed E-state index contributed by atoms with van der Waals surface area (Å²) < 4.78 is 5.38. The van der Waals surface area contributed by atoms with E-state index in [0.29, 0.717) is 12.1 Å². The van der Waals surface area contributed by atoms with Gasteiger partial charge in [-0.15, -0.1) is 0 Å². The second kappa shape index (κ2) is 7.05. The highest BCUT2D eigenvalue weighted by Gasteiger charge is 2.12. The molecule has 2 amide bonds. The molecule has 110 valence electrons. The molecule has 0 spiro atoms. The fraction of sp³-hybridized carbons (Fsp3) is 0.467. The molecule has 0 aliphatic carbocycles. The average molecular weight is 278 g/mol. The first kappa shape index (κ1) is 16.2. The number of amides is 2. The summed E-state index contributed by atoms with van der Waals surface area (Å²) in [5.41, 5.74) is 1.20. The molecule has 20 heavy (non-hydrogen) atoms. The zero-order valence-corrected chi connectivity index (χ0v) is 12.4. The van der Waals surface area contributed by atoms with Crippen LogP contribution in [0.15, 0.2) is 24.3 Å². The standard InChI is InChI=1S/C15H22N2O3/c1-15(2,3)20-10-13(18)17-9-11-5-7-12(8-6-11)14(19)16-4/h5-8H,9-10H2,1-4H3,(H,16,19)(H,17,18). The molecular weight excluding hydrogens is 256 g/mol. The second-order valence-corrected chi connectivity index (χ2v) is 5.45. The van der Waals surface area contributed by atoms with Gasteiger partial charge in [-0.2, -0.15) is 0 Å². The summed E-state index contributed by atoms with van der Waals surface area (Å²) >= 11 is 0. The Labute approximate surface area is 119 Å². The maximum absolute atomic E-state index is 11.6. The number of nitrogens with one attached hydrogen (secondary N) is 2. The number of rotatable bonds is 5. The Morgan fingerprint density at radius 2 is 1.75 bits per heavy atom. The summed E-state index contributed by atoms with van der Waals surface area (Å²) in [6.45, 7) is 6.16. The molecule has 1 aromatic carbocycles. The first-order valence-corrected chi connectivity index (χ1v) is 6.53. The van der Waals surface area contributed by atoms with E-state index in [4.69, 9.17) is 4.74 Å².